The van der Waals surface area contributed by atoms with Gasteiger partial charge in [-0.1, -0.05) is 24.6 Å². The maximum atomic E-state index is 11.6. The first-order valence-electron chi connectivity index (χ1n) is 5.65. The molecule has 100 valence electrons. The molecule has 1 aromatic carbocycles. The maximum Gasteiger partial charge on any atom is 0.311 e. The minimum absolute atomic E-state index is 0.365. The van der Waals surface area contributed by atoms with E-state index in [0.29, 0.717) is 22.8 Å². The van der Waals surface area contributed by atoms with Crippen LogP contribution in [-0.2, 0) is 9.53 Å². The van der Waals surface area contributed by atoms with Crippen LogP contribution in [0.15, 0.2) is 18.2 Å². The van der Waals surface area contributed by atoms with Crippen molar-refractivity contribution in [2.75, 3.05) is 14.2 Å². The standard InChI is InChI=1S/C13H17ClO4/c1-4-8(13(16)18-3)12(15)11-9(14)6-5-7-10(11)17-2/h5-8,12,15H,4H2,1-3H3. The number of esters is 1. The number of aliphatic hydroxyl groups is 1. The van der Waals surface area contributed by atoms with Gasteiger partial charge in [-0.15, -0.1) is 0 Å². The van der Waals surface area contributed by atoms with Crippen molar-refractivity contribution in [2.24, 2.45) is 5.92 Å². The Morgan fingerprint density at radius 1 is 1.44 bits per heavy atom. The summed E-state index contributed by atoms with van der Waals surface area (Å²) >= 11 is 6.06. The lowest BCUT2D eigenvalue weighted by Crippen LogP contribution is -2.23. The number of benzene rings is 1. The topological polar surface area (TPSA) is 55.8 Å². The summed E-state index contributed by atoms with van der Waals surface area (Å²) in [4.78, 5) is 11.6. The van der Waals surface area contributed by atoms with Crippen molar-refractivity contribution in [1.82, 2.24) is 0 Å². The van der Waals surface area contributed by atoms with Crippen LogP contribution < -0.4 is 4.74 Å². The monoisotopic (exact) mass is 272 g/mol. The van der Waals surface area contributed by atoms with Crippen LogP contribution in [0.2, 0.25) is 5.02 Å². The Balaban J connectivity index is 3.16. The molecule has 1 aromatic rings. The van der Waals surface area contributed by atoms with E-state index < -0.39 is 18.0 Å². The van der Waals surface area contributed by atoms with Crippen LogP contribution >= 0.6 is 11.6 Å². The Morgan fingerprint density at radius 2 is 2.11 bits per heavy atom. The molecule has 2 atom stereocenters. The minimum atomic E-state index is -1.05. The van der Waals surface area contributed by atoms with Crippen molar-refractivity contribution in [3.63, 3.8) is 0 Å². The number of hydrogen-bond acceptors (Lipinski definition) is 4. The van der Waals surface area contributed by atoms with Gasteiger partial charge in [0.15, 0.2) is 0 Å². The molecule has 0 aliphatic heterocycles. The van der Waals surface area contributed by atoms with Crippen LogP contribution in [0.1, 0.15) is 25.0 Å². The molecule has 4 nitrogen and oxygen atoms in total. The molecule has 0 aliphatic carbocycles. The van der Waals surface area contributed by atoms with E-state index in [4.69, 9.17) is 16.3 Å². The predicted octanol–water partition coefficient (Wildman–Crippen LogP) is 2.58. The van der Waals surface area contributed by atoms with Gasteiger partial charge in [0.05, 0.1) is 31.3 Å². The molecule has 0 saturated heterocycles. The minimum Gasteiger partial charge on any atom is -0.496 e. The SMILES string of the molecule is CCC(C(=O)OC)C(O)c1c(Cl)cccc1OC. The highest BCUT2D eigenvalue weighted by molar-refractivity contribution is 6.31. The molecule has 1 rings (SSSR count). The van der Waals surface area contributed by atoms with E-state index in [1.807, 2.05) is 0 Å². The quantitative estimate of drug-likeness (QED) is 0.837. The summed E-state index contributed by atoms with van der Waals surface area (Å²) in [6.07, 6.45) is -0.603. The third kappa shape index (κ3) is 2.94. The van der Waals surface area contributed by atoms with Crippen molar-refractivity contribution in [2.45, 2.75) is 19.4 Å². The average molecular weight is 273 g/mol. The number of carbonyl (C=O) groups excluding carboxylic acids is 1. The van der Waals surface area contributed by atoms with E-state index in [2.05, 4.69) is 4.74 Å². The third-order valence-electron chi connectivity index (χ3n) is 2.85. The normalized spacial score (nSPS) is 13.8. The summed E-state index contributed by atoms with van der Waals surface area (Å²) in [5.74, 6) is -0.673. The number of hydrogen-bond donors (Lipinski definition) is 1. The van der Waals surface area contributed by atoms with Crippen molar-refractivity contribution >= 4 is 17.6 Å². The molecule has 0 aliphatic rings. The van der Waals surface area contributed by atoms with Gasteiger partial charge in [-0.2, -0.15) is 0 Å². The highest BCUT2D eigenvalue weighted by Gasteiger charge is 2.30. The van der Waals surface area contributed by atoms with Crippen molar-refractivity contribution in [3.05, 3.63) is 28.8 Å². The van der Waals surface area contributed by atoms with Crippen LogP contribution in [0.5, 0.6) is 5.75 Å². The molecule has 2 unspecified atom stereocenters. The molecule has 5 heteroatoms. The summed E-state index contributed by atoms with van der Waals surface area (Å²) in [5, 5.41) is 10.7. The van der Waals surface area contributed by atoms with E-state index in [1.165, 1.54) is 14.2 Å². The predicted molar refractivity (Wildman–Crippen MR) is 68.8 cm³/mol. The first-order chi connectivity index (χ1) is 8.56. The first kappa shape index (κ1) is 14.8. The van der Waals surface area contributed by atoms with Crippen LogP contribution in [0.25, 0.3) is 0 Å². The van der Waals surface area contributed by atoms with Gasteiger partial charge in [0.25, 0.3) is 0 Å². The molecule has 0 radical (unpaired) electrons. The highest BCUT2D eigenvalue weighted by atomic mass is 35.5. The molecular formula is C13H17ClO4. The summed E-state index contributed by atoms with van der Waals surface area (Å²) in [6.45, 7) is 1.80. The van der Waals surface area contributed by atoms with Crippen molar-refractivity contribution in [3.8, 4) is 5.75 Å². The number of rotatable bonds is 5. The fourth-order valence-electron chi connectivity index (χ4n) is 1.85. The summed E-state index contributed by atoms with van der Waals surface area (Å²) in [7, 11) is 2.78. The fourth-order valence-corrected chi connectivity index (χ4v) is 2.13. The lowest BCUT2D eigenvalue weighted by Gasteiger charge is -2.22. The lowest BCUT2D eigenvalue weighted by atomic mass is 9.93. The average Bonchev–Trinajstić information content (AvgIpc) is 2.38. The number of aliphatic hydroxyl groups excluding tert-OH is 1. The largest absolute Gasteiger partial charge is 0.496 e. The van der Waals surface area contributed by atoms with Gasteiger partial charge in [-0.3, -0.25) is 4.79 Å². The highest BCUT2D eigenvalue weighted by Crippen LogP contribution is 2.37. The van der Waals surface area contributed by atoms with Crippen LogP contribution in [0.3, 0.4) is 0 Å². The van der Waals surface area contributed by atoms with E-state index >= 15 is 0 Å². The van der Waals surface area contributed by atoms with Crippen LogP contribution in [-0.4, -0.2) is 25.3 Å². The second-order valence-electron chi connectivity index (χ2n) is 3.84. The van der Waals surface area contributed by atoms with Gasteiger partial charge in [-0.05, 0) is 18.6 Å². The molecule has 0 spiro atoms. The Morgan fingerprint density at radius 3 is 2.61 bits per heavy atom. The zero-order chi connectivity index (χ0) is 13.7. The van der Waals surface area contributed by atoms with Gasteiger partial charge in [-0.25, -0.2) is 0 Å². The van der Waals surface area contributed by atoms with E-state index in [1.54, 1.807) is 25.1 Å². The molecule has 0 bridgehead atoms. The van der Waals surface area contributed by atoms with Crippen LogP contribution in [0.4, 0.5) is 0 Å². The molecule has 0 saturated carbocycles. The van der Waals surface area contributed by atoms with Crippen molar-refractivity contribution in [1.29, 1.82) is 0 Å². The van der Waals surface area contributed by atoms with E-state index in [9.17, 15) is 9.90 Å². The zero-order valence-electron chi connectivity index (χ0n) is 10.6. The third-order valence-corrected chi connectivity index (χ3v) is 3.18. The second kappa shape index (κ2) is 6.61. The number of methoxy groups -OCH3 is 2. The zero-order valence-corrected chi connectivity index (χ0v) is 11.4. The summed E-state index contributed by atoms with van der Waals surface area (Å²) < 4.78 is 9.84. The van der Waals surface area contributed by atoms with Gasteiger partial charge in [0.1, 0.15) is 5.75 Å². The molecule has 0 aromatic heterocycles. The first-order valence-corrected chi connectivity index (χ1v) is 6.02. The van der Waals surface area contributed by atoms with Gasteiger partial charge in [0, 0.05) is 5.56 Å². The second-order valence-corrected chi connectivity index (χ2v) is 4.25. The van der Waals surface area contributed by atoms with Gasteiger partial charge < -0.3 is 14.6 Å². The van der Waals surface area contributed by atoms with Gasteiger partial charge in [0.2, 0.25) is 0 Å². The number of ether oxygens (including phenoxy) is 2. The number of carbonyl (C=O) groups is 1. The Hall–Kier alpha value is -1.26. The molecule has 18 heavy (non-hydrogen) atoms. The molecular weight excluding hydrogens is 256 g/mol. The molecule has 0 amide bonds. The molecule has 0 fully saturated rings. The molecule has 1 N–H and O–H groups in total. The van der Waals surface area contributed by atoms with E-state index in [-0.39, 0.29) is 0 Å². The maximum absolute atomic E-state index is 11.6. The summed E-state index contributed by atoms with van der Waals surface area (Å²) in [5.41, 5.74) is 0.416. The van der Waals surface area contributed by atoms with Crippen molar-refractivity contribution < 1.29 is 19.4 Å². The smallest absolute Gasteiger partial charge is 0.311 e. The Bertz CT molecular complexity index is 419. The number of halogens is 1. The Kier molecular flexibility index (Phi) is 5.44. The fraction of sp³-hybridized carbons (Fsp3) is 0.462. The summed E-state index contributed by atoms with van der Waals surface area (Å²) in [6, 6.07) is 5.05. The van der Waals surface area contributed by atoms with Gasteiger partial charge >= 0.3 is 5.97 Å². The Labute approximate surface area is 111 Å². The lowest BCUT2D eigenvalue weighted by molar-refractivity contribution is -0.149. The van der Waals surface area contributed by atoms with Crippen LogP contribution in [0, 0.1) is 5.92 Å². The molecule has 0 heterocycles. The van der Waals surface area contributed by atoms with E-state index in [0.717, 1.165) is 0 Å².